The molecule has 1 fully saturated rings. The molecule has 1 aliphatic heterocycles. The van der Waals surface area contributed by atoms with Crippen LogP contribution in [0.1, 0.15) is 29.5 Å². The van der Waals surface area contributed by atoms with Crippen LogP contribution in [0.15, 0.2) is 41.3 Å². The van der Waals surface area contributed by atoms with Crippen LogP contribution in [-0.2, 0) is 21.4 Å². The van der Waals surface area contributed by atoms with Gasteiger partial charge in [0.2, 0.25) is 15.9 Å². The standard InChI is InChI=1S/C23H30N2O5S/c1-16-10-11-17(2)22(13-16)31(27,28)25-12-6-7-18(15-25)23(26)24-14-19-20(29-3)8-5-9-21(19)30-4/h5,8-11,13,18H,6-7,12,14-15H2,1-4H3,(H,24,26). The molecule has 0 aromatic heterocycles. The zero-order valence-corrected chi connectivity index (χ0v) is 19.3. The lowest BCUT2D eigenvalue weighted by Crippen LogP contribution is -2.45. The topological polar surface area (TPSA) is 84.9 Å². The number of benzene rings is 2. The van der Waals surface area contributed by atoms with Crippen LogP contribution in [0, 0.1) is 19.8 Å². The van der Waals surface area contributed by atoms with Crippen molar-refractivity contribution < 1.29 is 22.7 Å². The number of amides is 1. The maximum absolute atomic E-state index is 13.2. The zero-order chi connectivity index (χ0) is 22.6. The number of nitrogens with zero attached hydrogens (tertiary/aromatic N) is 1. The summed E-state index contributed by atoms with van der Waals surface area (Å²) in [5, 5.41) is 2.93. The Morgan fingerprint density at radius 3 is 2.45 bits per heavy atom. The molecule has 1 atom stereocenters. The number of carbonyl (C=O) groups excluding carboxylic acids is 1. The van der Waals surface area contributed by atoms with Gasteiger partial charge in [-0.25, -0.2) is 8.42 Å². The fraction of sp³-hybridized carbons (Fsp3) is 0.435. The Labute approximate surface area is 184 Å². The molecule has 2 aromatic rings. The Morgan fingerprint density at radius 2 is 1.81 bits per heavy atom. The summed E-state index contributed by atoms with van der Waals surface area (Å²) in [7, 11) is -0.523. The minimum atomic E-state index is -3.66. The van der Waals surface area contributed by atoms with Crippen molar-refractivity contribution in [3.05, 3.63) is 53.1 Å². The molecule has 8 heteroatoms. The van der Waals surface area contributed by atoms with Crippen molar-refractivity contribution in [2.45, 2.75) is 38.1 Å². The second kappa shape index (κ2) is 9.70. The lowest BCUT2D eigenvalue weighted by Gasteiger charge is -2.31. The normalized spacial score (nSPS) is 17.2. The number of aryl methyl sites for hydroxylation is 2. The predicted molar refractivity (Wildman–Crippen MR) is 119 cm³/mol. The lowest BCUT2D eigenvalue weighted by molar-refractivity contribution is -0.126. The van der Waals surface area contributed by atoms with Crippen molar-refractivity contribution in [1.82, 2.24) is 9.62 Å². The molecule has 31 heavy (non-hydrogen) atoms. The molecule has 168 valence electrons. The summed E-state index contributed by atoms with van der Waals surface area (Å²) in [6.07, 6.45) is 1.29. The molecule has 3 rings (SSSR count). The summed E-state index contributed by atoms with van der Waals surface area (Å²) < 4.78 is 38.7. The molecule has 0 saturated carbocycles. The summed E-state index contributed by atoms with van der Waals surface area (Å²) in [5.41, 5.74) is 2.35. The molecule has 0 radical (unpaired) electrons. The van der Waals surface area contributed by atoms with Gasteiger partial charge in [-0.1, -0.05) is 18.2 Å². The molecule has 1 heterocycles. The molecule has 1 amide bonds. The number of hydrogen-bond donors (Lipinski definition) is 1. The number of rotatable bonds is 7. The third kappa shape index (κ3) is 5.02. The second-order valence-corrected chi connectivity index (χ2v) is 9.74. The maximum Gasteiger partial charge on any atom is 0.243 e. The van der Waals surface area contributed by atoms with Crippen molar-refractivity contribution in [2.24, 2.45) is 5.92 Å². The Hall–Kier alpha value is -2.58. The van der Waals surface area contributed by atoms with E-state index in [0.717, 1.165) is 11.1 Å². The van der Waals surface area contributed by atoms with E-state index in [4.69, 9.17) is 9.47 Å². The number of nitrogens with one attached hydrogen (secondary N) is 1. The quantitative estimate of drug-likeness (QED) is 0.707. The number of ether oxygens (including phenoxy) is 2. The molecule has 0 bridgehead atoms. The number of sulfonamides is 1. The Morgan fingerprint density at radius 1 is 1.13 bits per heavy atom. The minimum absolute atomic E-state index is 0.171. The first kappa shape index (κ1) is 23.1. The van der Waals surface area contributed by atoms with Gasteiger partial charge in [-0.2, -0.15) is 4.31 Å². The van der Waals surface area contributed by atoms with Crippen LogP contribution < -0.4 is 14.8 Å². The average molecular weight is 447 g/mol. The van der Waals surface area contributed by atoms with E-state index < -0.39 is 15.9 Å². The van der Waals surface area contributed by atoms with Crippen LogP contribution in [-0.4, -0.2) is 45.9 Å². The number of carbonyl (C=O) groups is 1. The van der Waals surface area contributed by atoms with Gasteiger partial charge in [-0.05, 0) is 56.0 Å². The Bertz CT molecular complexity index is 1030. The SMILES string of the molecule is COc1cccc(OC)c1CNC(=O)C1CCCN(S(=O)(=O)c2cc(C)ccc2C)C1. The Balaban J connectivity index is 1.72. The molecule has 1 saturated heterocycles. The summed E-state index contributed by atoms with van der Waals surface area (Å²) in [4.78, 5) is 13.2. The van der Waals surface area contributed by atoms with E-state index in [9.17, 15) is 13.2 Å². The number of piperidine rings is 1. The van der Waals surface area contributed by atoms with E-state index in [2.05, 4.69) is 5.32 Å². The van der Waals surface area contributed by atoms with Crippen molar-refractivity contribution in [3.63, 3.8) is 0 Å². The Kier molecular flexibility index (Phi) is 7.23. The van der Waals surface area contributed by atoms with E-state index in [1.54, 1.807) is 27.2 Å². The van der Waals surface area contributed by atoms with E-state index in [0.29, 0.717) is 41.3 Å². The van der Waals surface area contributed by atoms with Gasteiger partial charge in [0, 0.05) is 13.1 Å². The molecule has 0 spiro atoms. The van der Waals surface area contributed by atoms with E-state index in [1.807, 2.05) is 37.3 Å². The smallest absolute Gasteiger partial charge is 0.243 e. The van der Waals surface area contributed by atoms with Crippen LogP contribution in [0.5, 0.6) is 11.5 Å². The molecule has 1 N–H and O–H groups in total. The second-order valence-electron chi connectivity index (χ2n) is 7.83. The van der Waals surface area contributed by atoms with Gasteiger partial charge in [-0.3, -0.25) is 4.79 Å². The molecule has 1 aliphatic rings. The summed E-state index contributed by atoms with van der Waals surface area (Å²) >= 11 is 0. The molecule has 2 aromatic carbocycles. The summed E-state index contributed by atoms with van der Waals surface area (Å²) in [5.74, 6) is 0.674. The monoisotopic (exact) mass is 446 g/mol. The van der Waals surface area contributed by atoms with Crippen molar-refractivity contribution in [2.75, 3.05) is 27.3 Å². The highest BCUT2D eigenvalue weighted by Gasteiger charge is 2.34. The molecular weight excluding hydrogens is 416 g/mol. The molecular formula is C23H30N2O5S. The van der Waals surface area contributed by atoms with Crippen LogP contribution >= 0.6 is 0 Å². The van der Waals surface area contributed by atoms with Crippen LogP contribution in [0.2, 0.25) is 0 Å². The molecule has 1 unspecified atom stereocenters. The molecule has 7 nitrogen and oxygen atoms in total. The van der Waals surface area contributed by atoms with E-state index in [1.165, 1.54) is 4.31 Å². The highest BCUT2D eigenvalue weighted by Crippen LogP contribution is 2.29. The van der Waals surface area contributed by atoms with E-state index >= 15 is 0 Å². The van der Waals surface area contributed by atoms with Crippen molar-refractivity contribution in [1.29, 1.82) is 0 Å². The number of methoxy groups -OCH3 is 2. The van der Waals surface area contributed by atoms with Crippen LogP contribution in [0.3, 0.4) is 0 Å². The molecule has 0 aliphatic carbocycles. The lowest BCUT2D eigenvalue weighted by atomic mass is 9.98. The van der Waals surface area contributed by atoms with Gasteiger partial charge in [0.15, 0.2) is 0 Å². The van der Waals surface area contributed by atoms with Crippen molar-refractivity contribution >= 4 is 15.9 Å². The van der Waals surface area contributed by atoms with Crippen molar-refractivity contribution in [3.8, 4) is 11.5 Å². The zero-order valence-electron chi connectivity index (χ0n) is 18.5. The van der Waals surface area contributed by atoms with Crippen LogP contribution in [0.4, 0.5) is 0 Å². The van der Waals surface area contributed by atoms with Crippen LogP contribution in [0.25, 0.3) is 0 Å². The largest absolute Gasteiger partial charge is 0.496 e. The first-order valence-corrected chi connectivity index (χ1v) is 11.8. The van der Waals surface area contributed by atoms with Gasteiger partial charge in [0.05, 0.1) is 37.1 Å². The highest BCUT2D eigenvalue weighted by molar-refractivity contribution is 7.89. The first-order chi connectivity index (χ1) is 14.8. The van der Waals surface area contributed by atoms with Gasteiger partial charge in [-0.15, -0.1) is 0 Å². The third-order valence-electron chi connectivity index (χ3n) is 5.69. The van der Waals surface area contributed by atoms with Gasteiger partial charge in [0.25, 0.3) is 0 Å². The highest BCUT2D eigenvalue weighted by atomic mass is 32.2. The van der Waals surface area contributed by atoms with E-state index in [-0.39, 0.29) is 19.0 Å². The van der Waals surface area contributed by atoms with Gasteiger partial charge in [0.1, 0.15) is 11.5 Å². The number of hydrogen-bond acceptors (Lipinski definition) is 5. The fourth-order valence-corrected chi connectivity index (χ4v) is 5.75. The third-order valence-corrected chi connectivity index (χ3v) is 7.69. The first-order valence-electron chi connectivity index (χ1n) is 10.3. The average Bonchev–Trinajstić information content (AvgIpc) is 2.78. The summed E-state index contributed by atoms with van der Waals surface area (Å²) in [6.45, 7) is 4.49. The predicted octanol–water partition coefficient (Wildman–Crippen LogP) is 3.04. The van der Waals surface area contributed by atoms with Gasteiger partial charge >= 0.3 is 0 Å². The van der Waals surface area contributed by atoms with Gasteiger partial charge < -0.3 is 14.8 Å². The summed E-state index contributed by atoms with van der Waals surface area (Å²) in [6, 6.07) is 10.8. The maximum atomic E-state index is 13.2. The minimum Gasteiger partial charge on any atom is -0.496 e. The fourth-order valence-electron chi connectivity index (χ4n) is 3.92.